The highest BCUT2D eigenvalue weighted by Crippen LogP contribution is 2.16. The summed E-state index contributed by atoms with van der Waals surface area (Å²) in [7, 11) is 0. The third-order valence-electron chi connectivity index (χ3n) is 2.05. The number of hydrogen-bond acceptors (Lipinski definition) is 1. The first-order valence-electron chi connectivity index (χ1n) is 3.80. The predicted molar refractivity (Wildman–Crippen MR) is 41.5 cm³/mol. The molecule has 2 heterocycles. The number of nitrogens with zero attached hydrogens (tertiary/aromatic N) is 2. The molecule has 2 rings (SSSR count). The van der Waals surface area contributed by atoms with Crippen molar-refractivity contribution in [2.45, 2.75) is 18.9 Å². The van der Waals surface area contributed by atoms with E-state index in [1.165, 1.54) is 5.57 Å². The highest BCUT2D eigenvalue weighted by Gasteiger charge is 2.18. The molecule has 2 aliphatic rings. The Labute approximate surface area is 61.0 Å². The molecule has 1 unspecified atom stereocenters. The zero-order valence-corrected chi connectivity index (χ0v) is 5.95. The van der Waals surface area contributed by atoms with Gasteiger partial charge in [0.05, 0.1) is 12.6 Å². The van der Waals surface area contributed by atoms with Crippen molar-refractivity contribution in [2.24, 2.45) is 4.99 Å². The van der Waals surface area contributed by atoms with E-state index in [1.807, 2.05) is 6.21 Å². The van der Waals surface area contributed by atoms with Crippen molar-refractivity contribution in [1.82, 2.24) is 5.32 Å². The highest BCUT2D eigenvalue weighted by molar-refractivity contribution is 5.63. The fourth-order valence-corrected chi connectivity index (χ4v) is 1.47. The third-order valence-corrected chi connectivity index (χ3v) is 2.05. The minimum atomic E-state index is 0.443. The van der Waals surface area contributed by atoms with Gasteiger partial charge in [0.25, 0.3) is 0 Å². The first kappa shape index (κ1) is 6.10. The zero-order chi connectivity index (χ0) is 6.81. The van der Waals surface area contributed by atoms with Crippen LogP contribution in [0.4, 0.5) is 0 Å². The summed E-state index contributed by atoms with van der Waals surface area (Å²) in [6, 6.07) is 0.443. The maximum absolute atomic E-state index is 4.47. The van der Waals surface area contributed by atoms with Crippen LogP contribution in [0.1, 0.15) is 12.8 Å². The van der Waals surface area contributed by atoms with Gasteiger partial charge < -0.3 is 0 Å². The van der Waals surface area contributed by atoms with Gasteiger partial charge in [-0.15, -0.1) is 0 Å². The molecule has 0 spiro atoms. The summed E-state index contributed by atoms with van der Waals surface area (Å²) >= 11 is 0. The van der Waals surface area contributed by atoms with Gasteiger partial charge in [-0.25, -0.2) is 5.32 Å². The van der Waals surface area contributed by atoms with Gasteiger partial charge in [0, 0.05) is 19.2 Å². The van der Waals surface area contributed by atoms with E-state index >= 15 is 0 Å². The Morgan fingerprint density at radius 1 is 1.50 bits per heavy atom. The van der Waals surface area contributed by atoms with Gasteiger partial charge in [-0.2, -0.15) is 0 Å². The second kappa shape index (κ2) is 2.54. The Balaban J connectivity index is 2.17. The van der Waals surface area contributed by atoms with Gasteiger partial charge >= 0.3 is 0 Å². The van der Waals surface area contributed by atoms with E-state index < -0.39 is 0 Å². The van der Waals surface area contributed by atoms with Crippen molar-refractivity contribution in [3.63, 3.8) is 0 Å². The molecule has 0 saturated heterocycles. The van der Waals surface area contributed by atoms with Gasteiger partial charge in [0.1, 0.15) is 0 Å². The Hall–Kier alpha value is -0.630. The van der Waals surface area contributed by atoms with Crippen LogP contribution in [0.25, 0.3) is 0 Å². The average molecular weight is 135 g/mol. The molecule has 0 fully saturated rings. The van der Waals surface area contributed by atoms with Crippen molar-refractivity contribution < 1.29 is 0 Å². The molecule has 0 aliphatic carbocycles. The van der Waals surface area contributed by atoms with E-state index in [9.17, 15) is 0 Å². The van der Waals surface area contributed by atoms with Crippen LogP contribution in [0.5, 0.6) is 0 Å². The minimum Gasteiger partial charge on any atom is -0.295 e. The van der Waals surface area contributed by atoms with Crippen molar-refractivity contribution in [1.29, 1.82) is 0 Å². The third kappa shape index (κ3) is 0.991. The Morgan fingerprint density at radius 3 is 3.40 bits per heavy atom. The summed E-state index contributed by atoms with van der Waals surface area (Å²) in [5.41, 5.74) is 1.49. The van der Waals surface area contributed by atoms with Gasteiger partial charge in [-0.1, -0.05) is 6.08 Å². The number of hydrogen-bond donors (Lipinski definition) is 0. The van der Waals surface area contributed by atoms with E-state index in [-0.39, 0.29) is 0 Å². The molecule has 0 N–H and O–H groups in total. The van der Waals surface area contributed by atoms with Crippen LogP contribution in [0.15, 0.2) is 16.6 Å². The van der Waals surface area contributed by atoms with Crippen molar-refractivity contribution in [3.05, 3.63) is 11.6 Å². The second-order valence-electron chi connectivity index (χ2n) is 2.74. The van der Waals surface area contributed by atoms with E-state index in [0.29, 0.717) is 6.04 Å². The SMILES string of the molecule is C1=NCC2[N]CCC=C2C1. The predicted octanol–water partition coefficient (Wildman–Crippen LogP) is 0.764. The maximum Gasteiger partial charge on any atom is 0.0654 e. The first-order valence-corrected chi connectivity index (χ1v) is 3.80. The summed E-state index contributed by atoms with van der Waals surface area (Å²) in [6.07, 6.45) is 6.50. The quantitative estimate of drug-likeness (QED) is 0.438. The standard InChI is InChI=1S/C8H11N2/c1-2-7-3-5-9-6-8(7)10-4-1/h2,5,8H,1,3-4,6H2. The molecule has 0 amide bonds. The first-order chi connectivity index (χ1) is 4.97. The molecule has 1 atom stereocenters. The summed E-state index contributed by atoms with van der Waals surface area (Å²) < 4.78 is 0. The Bertz CT molecular complexity index is 182. The normalized spacial score (nSPS) is 31.2. The Kier molecular flexibility index (Phi) is 1.55. The van der Waals surface area contributed by atoms with Crippen molar-refractivity contribution in [3.8, 4) is 0 Å². The molecule has 1 radical (unpaired) electrons. The lowest BCUT2D eigenvalue weighted by atomic mass is 9.98. The van der Waals surface area contributed by atoms with Crippen LogP contribution < -0.4 is 5.32 Å². The van der Waals surface area contributed by atoms with Gasteiger partial charge in [-0.3, -0.25) is 4.99 Å². The summed E-state index contributed by atoms with van der Waals surface area (Å²) in [6.45, 7) is 1.90. The highest BCUT2D eigenvalue weighted by atomic mass is 15.0. The molecule has 53 valence electrons. The maximum atomic E-state index is 4.47. The van der Waals surface area contributed by atoms with Crippen LogP contribution in [0, 0.1) is 0 Å². The average Bonchev–Trinajstić information content (AvgIpc) is 2.05. The van der Waals surface area contributed by atoms with Gasteiger partial charge in [0.15, 0.2) is 0 Å². The molecule has 2 heteroatoms. The second-order valence-corrected chi connectivity index (χ2v) is 2.74. The summed E-state index contributed by atoms with van der Waals surface area (Å²) in [5.74, 6) is 0. The van der Waals surface area contributed by atoms with Crippen LogP contribution in [-0.2, 0) is 0 Å². The van der Waals surface area contributed by atoms with E-state index in [2.05, 4.69) is 16.4 Å². The topological polar surface area (TPSA) is 26.5 Å². The number of rotatable bonds is 0. The largest absolute Gasteiger partial charge is 0.295 e. The monoisotopic (exact) mass is 135 g/mol. The van der Waals surface area contributed by atoms with Crippen LogP contribution in [0.3, 0.4) is 0 Å². The molecule has 0 bridgehead atoms. The number of aliphatic imine (C=N–C) groups is 1. The van der Waals surface area contributed by atoms with Crippen molar-refractivity contribution >= 4 is 6.21 Å². The molecular weight excluding hydrogens is 124 g/mol. The molecule has 0 aromatic heterocycles. The van der Waals surface area contributed by atoms with E-state index in [1.54, 1.807) is 0 Å². The lowest BCUT2D eigenvalue weighted by Gasteiger charge is -2.24. The molecule has 2 aliphatic heterocycles. The lowest BCUT2D eigenvalue weighted by molar-refractivity contribution is 0.532. The van der Waals surface area contributed by atoms with E-state index in [0.717, 1.165) is 25.9 Å². The zero-order valence-electron chi connectivity index (χ0n) is 5.95. The summed E-state index contributed by atoms with van der Waals surface area (Å²) in [5, 5.41) is 4.47. The molecule has 0 saturated carbocycles. The minimum absolute atomic E-state index is 0.443. The Morgan fingerprint density at radius 2 is 2.50 bits per heavy atom. The smallest absolute Gasteiger partial charge is 0.0654 e. The fourth-order valence-electron chi connectivity index (χ4n) is 1.47. The lowest BCUT2D eigenvalue weighted by Crippen LogP contribution is -2.33. The fraction of sp³-hybridized carbons (Fsp3) is 0.625. The molecule has 0 aromatic carbocycles. The van der Waals surface area contributed by atoms with Crippen molar-refractivity contribution in [2.75, 3.05) is 13.1 Å². The number of fused-ring (bicyclic) bond motifs is 1. The molecule has 0 aromatic rings. The summed E-state index contributed by atoms with van der Waals surface area (Å²) in [4.78, 5) is 4.20. The van der Waals surface area contributed by atoms with Gasteiger partial charge in [-0.05, 0) is 12.0 Å². The van der Waals surface area contributed by atoms with Gasteiger partial charge in [0.2, 0.25) is 0 Å². The van der Waals surface area contributed by atoms with Crippen LogP contribution >= 0.6 is 0 Å². The molecule has 10 heavy (non-hydrogen) atoms. The molecular formula is C8H11N2. The van der Waals surface area contributed by atoms with E-state index in [4.69, 9.17) is 0 Å². The van der Waals surface area contributed by atoms with Crippen LogP contribution in [-0.4, -0.2) is 25.3 Å². The molecule has 2 nitrogen and oxygen atoms in total. The van der Waals surface area contributed by atoms with Crippen LogP contribution in [0.2, 0.25) is 0 Å².